The molecule has 0 saturated heterocycles. The van der Waals surface area contributed by atoms with Gasteiger partial charge < -0.3 is 20.6 Å². The summed E-state index contributed by atoms with van der Waals surface area (Å²) >= 11 is 0. The van der Waals surface area contributed by atoms with Gasteiger partial charge in [-0.2, -0.15) is 0 Å². The highest BCUT2D eigenvalue weighted by atomic mass is 16.4. The van der Waals surface area contributed by atoms with Gasteiger partial charge in [-0.15, -0.1) is 0 Å². The van der Waals surface area contributed by atoms with Gasteiger partial charge in [0.1, 0.15) is 6.04 Å². The molecule has 8 heteroatoms. The van der Waals surface area contributed by atoms with Crippen molar-refractivity contribution in [1.82, 2.24) is 10.3 Å². The molecule has 2 rings (SSSR count). The highest BCUT2D eigenvalue weighted by Crippen LogP contribution is 2.23. The average molecular weight is 387 g/mol. The van der Waals surface area contributed by atoms with Gasteiger partial charge in [-0.05, 0) is 17.9 Å². The van der Waals surface area contributed by atoms with Crippen LogP contribution >= 0.6 is 0 Å². The molecule has 0 aliphatic rings. The average Bonchev–Trinajstić information content (AvgIpc) is 3.12. The zero-order chi connectivity index (χ0) is 20.7. The maximum Gasteiger partial charge on any atom is 0.326 e. The van der Waals surface area contributed by atoms with Crippen LogP contribution in [-0.4, -0.2) is 33.9 Å². The monoisotopic (exact) mass is 387 g/mol. The van der Waals surface area contributed by atoms with E-state index in [4.69, 9.17) is 15.3 Å². The molecule has 28 heavy (non-hydrogen) atoms. The Hall–Kier alpha value is -3.16. The van der Waals surface area contributed by atoms with E-state index in [2.05, 4.69) is 24.1 Å². The third-order valence-corrected chi connectivity index (χ3v) is 4.29. The number of nitrogens with two attached hydrogens (primary N) is 1. The quantitative estimate of drug-likeness (QED) is 0.572. The molecule has 1 aromatic heterocycles. The maximum atomic E-state index is 12.0. The molecular weight excluding hydrogens is 362 g/mol. The number of nitrogens with zero attached hydrogens (tertiary/aromatic N) is 1. The largest absolute Gasteiger partial charge is 0.480 e. The second kappa shape index (κ2) is 9.68. The van der Waals surface area contributed by atoms with Gasteiger partial charge in [0.2, 0.25) is 11.8 Å². The van der Waals surface area contributed by atoms with Crippen molar-refractivity contribution in [2.45, 2.75) is 51.5 Å². The third kappa shape index (κ3) is 6.22. The highest BCUT2D eigenvalue weighted by molar-refractivity contribution is 5.84. The number of aryl methyl sites for hydroxylation is 1. The Kier molecular flexibility index (Phi) is 7.31. The number of benzene rings is 1. The van der Waals surface area contributed by atoms with Crippen LogP contribution in [0.25, 0.3) is 11.3 Å². The number of rotatable bonds is 10. The lowest BCUT2D eigenvalue weighted by Gasteiger charge is -2.13. The Labute approximate surface area is 163 Å². The fraction of sp³-hybridized carbons (Fsp3) is 0.400. The van der Waals surface area contributed by atoms with Gasteiger partial charge in [0.05, 0.1) is 6.20 Å². The summed E-state index contributed by atoms with van der Waals surface area (Å²) in [6.45, 7) is 4.24. The molecule has 0 bridgehead atoms. The Morgan fingerprint density at radius 1 is 1.18 bits per heavy atom. The molecule has 1 aromatic carbocycles. The minimum atomic E-state index is -1.21. The van der Waals surface area contributed by atoms with E-state index in [0.29, 0.717) is 17.6 Å². The van der Waals surface area contributed by atoms with Crippen LogP contribution in [0.15, 0.2) is 34.9 Å². The zero-order valence-corrected chi connectivity index (χ0v) is 16.0. The van der Waals surface area contributed by atoms with Crippen molar-refractivity contribution in [3.8, 4) is 11.3 Å². The SMILES string of the molecule is CC(C)c1ccc(-c2cnc(CCC(=O)NC(CCC(N)=O)C(=O)O)o2)cc1. The van der Waals surface area contributed by atoms with Crippen LogP contribution in [0.2, 0.25) is 0 Å². The predicted octanol–water partition coefficient (Wildman–Crippen LogP) is 2.23. The molecule has 1 heterocycles. The number of carbonyl (C=O) groups is 3. The van der Waals surface area contributed by atoms with Crippen LogP contribution in [-0.2, 0) is 20.8 Å². The Bertz CT molecular complexity index is 827. The van der Waals surface area contributed by atoms with Crippen molar-refractivity contribution in [2.75, 3.05) is 0 Å². The van der Waals surface area contributed by atoms with E-state index in [-0.39, 0.29) is 25.7 Å². The molecule has 0 spiro atoms. The molecule has 150 valence electrons. The van der Waals surface area contributed by atoms with Crippen LogP contribution in [0.4, 0.5) is 0 Å². The van der Waals surface area contributed by atoms with E-state index < -0.39 is 23.8 Å². The summed E-state index contributed by atoms with van der Waals surface area (Å²) in [7, 11) is 0. The number of hydrogen-bond acceptors (Lipinski definition) is 5. The normalized spacial score (nSPS) is 12.0. The molecule has 2 amide bonds. The van der Waals surface area contributed by atoms with Crippen LogP contribution in [0.5, 0.6) is 0 Å². The van der Waals surface area contributed by atoms with E-state index in [9.17, 15) is 14.4 Å². The van der Waals surface area contributed by atoms with Gasteiger partial charge in [-0.1, -0.05) is 38.1 Å². The Morgan fingerprint density at radius 3 is 2.43 bits per heavy atom. The summed E-state index contributed by atoms with van der Waals surface area (Å²) < 4.78 is 5.68. The van der Waals surface area contributed by atoms with Crippen molar-refractivity contribution in [1.29, 1.82) is 0 Å². The van der Waals surface area contributed by atoms with Crippen LogP contribution in [0.3, 0.4) is 0 Å². The van der Waals surface area contributed by atoms with Gasteiger partial charge in [0, 0.05) is 24.8 Å². The second-order valence-electron chi connectivity index (χ2n) is 6.86. The topological polar surface area (TPSA) is 136 Å². The summed E-state index contributed by atoms with van der Waals surface area (Å²) in [4.78, 5) is 38.1. The van der Waals surface area contributed by atoms with E-state index in [1.807, 2.05) is 24.3 Å². The number of carboxylic acids is 1. The van der Waals surface area contributed by atoms with Gasteiger partial charge in [-0.3, -0.25) is 9.59 Å². The molecular formula is C20H25N3O5. The van der Waals surface area contributed by atoms with Crippen LogP contribution in [0, 0.1) is 0 Å². The molecule has 8 nitrogen and oxygen atoms in total. The minimum absolute atomic E-state index is 0.0204. The summed E-state index contributed by atoms with van der Waals surface area (Å²) in [6, 6.07) is 6.84. The van der Waals surface area contributed by atoms with Gasteiger partial charge in [-0.25, -0.2) is 9.78 Å². The van der Waals surface area contributed by atoms with Gasteiger partial charge in [0.15, 0.2) is 11.7 Å². The molecule has 2 aromatic rings. The number of oxazole rings is 1. The number of amides is 2. The predicted molar refractivity (Wildman–Crippen MR) is 102 cm³/mol. The zero-order valence-electron chi connectivity index (χ0n) is 16.0. The standard InChI is InChI=1S/C20H25N3O5/c1-12(2)13-3-5-14(6-4-13)16-11-22-19(28-16)10-9-18(25)23-15(20(26)27)7-8-17(21)24/h3-6,11-12,15H,7-10H2,1-2H3,(H2,21,24)(H,23,25)(H,26,27). The molecule has 0 radical (unpaired) electrons. The molecule has 0 saturated carbocycles. The Balaban J connectivity index is 1.89. The first kappa shape index (κ1) is 21.1. The van der Waals surface area contributed by atoms with Crippen molar-refractivity contribution >= 4 is 17.8 Å². The first-order valence-corrected chi connectivity index (χ1v) is 9.11. The number of nitrogens with one attached hydrogen (secondary N) is 1. The highest BCUT2D eigenvalue weighted by Gasteiger charge is 2.20. The Morgan fingerprint density at radius 2 is 1.86 bits per heavy atom. The van der Waals surface area contributed by atoms with E-state index in [1.54, 1.807) is 6.20 Å². The second-order valence-corrected chi connectivity index (χ2v) is 6.86. The number of hydrogen-bond donors (Lipinski definition) is 3. The minimum Gasteiger partial charge on any atom is -0.480 e. The number of carboxylic acid groups (broad SMARTS) is 1. The third-order valence-electron chi connectivity index (χ3n) is 4.29. The van der Waals surface area contributed by atoms with Crippen molar-refractivity contribution in [3.05, 3.63) is 41.9 Å². The molecule has 0 fully saturated rings. The van der Waals surface area contributed by atoms with Crippen LogP contribution < -0.4 is 11.1 Å². The van der Waals surface area contributed by atoms with Crippen molar-refractivity contribution < 1.29 is 23.9 Å². The summed E-state index contributed by atoms with van der Waals surface area (Å²) in [5.41, 5.74) is 7.13. The lowest BCUT2D eigenvalue weighted by atomic mass is 10.0. The summed E-state index contributed by atoms with van der Waals surface area (Å²) in [5, 5.41) is 11.5. The van der Waals surface area contributed by atoms with Gasteiger partial charge >= 0.3 is 5.97 Å². The lowest BCUT2D eigenvalue weighted by Crippen LogP contribution is -2.41. The number of aromatic nitrogens is 1. The van der Waals surface area contributed by atoms with E-state index in [1.165, 1.54) is 5.56 Å². The molecule has 0 aliphatic carbocycles. The molecule has 0 aliphatic heterocycles. The number of carbonyl (C=O) groups excluding carboxylic acids is 2. The first-order chi connectivity index (χ1) is 13.3. The van der Waals surface area contributed by atoms with E-state index >= 15 is 0 Å². The fourth-order valence-electron chi connectivity index (χ4n) is 2.62. The maximum absolute atomic E-state index is 12.0. The molecule has 1 atom stereocenters. The van der Waals surface area contributed by atoms with Crippen molar-refractivity contribution in [2.24, 2.45) is 5.73 Å². The number of primary amides is 1. The molecule has 4 N–H and O–H groups in total. The first-order valence-electron chi connectivity index (χ1n) is 9.11. The van der Waals surface area contributed by atoms with Crippen molar-refractivity contribution in [3.63, 3.8) is 0 Å². The number of aliphatic carboxylic acids is 1. The fourth-order valence-corrected chi connectivity index (χ4v) is 2.62. The van der Waals surface area contributed by atoms with Crippen LogP contribution in [0.1, 0.15) is 50.5 Å². The summed E-state index contributed by atoms with van der Waals surface area (Å²) in [5.74, 6) is -0.849. The van der Waals surface area contributed by atoms with E-state index in [0.717, 1.165) is 5.56 Å². The smallest absolute Gasteiger partial charge is 0.326 e. The lowest BCUT2D eigenvalue weighted by molar-refractivity contribution is -0.142. The summed E-state index contributed by atoms with van der Waals surface area (Å²) in [6.07, 6.45) is 1.69. The van der Waals surface area contributed by atoms with Gasteiger partial charge in [0.25, 0.3) is 0 Å². The molecule has 1 unspecified atom stereocenters.